The first kappa shape index (κ1) is 13.9. The molecule has 0 radical (unpaired) electrons. The Morgan fingerprint density at radius 1 is 1.21 bits per heavy atom. The van der Waals surface area contributed by atoms with Gasteiger partial charge >= 0.3 is 0 Å². The summed E-state index contributed by atoms with van der Waals surface area (Å²) in [6.07, 6.45) is 0. The highest BCUT2D eigenvalue weighted by Crippen LogP contribution is 2.20. The summed E-state index contributed by atoms with van der Waals surface area (Å²) < 4.78 is 26.8. The fraction of sp³-hybridized carbons (Fsp3) is 0.0714. The summed E-state index contributed by atoms with van der Waals surface area (Å²) >= 11 is 1.88. The molecule has 5 heteroatoms. The molecule has 0 unspecified atom stereocenters. The second-order valence-electron chi connectivity index (χ2n) is 3.99. The van der Waals surface area contributed by atoms with E-state index in [9.17, 15) is 13.6 Å². The summed E-state index contributed by atoms with van der Waals surface area (Å²) in [5.74, 6) is -1.17. The lowest BCUT2D eigenvalue weighted by atomic mass is 10.1. The van der Waals surface area contributed by atoms with Crippen molar-refractivity contribution in [3.05, 3.63) is 62.7 Å². The fourth-order valence-electron chi connectivity index (χ4n) is 1.61. The van der Waals surface area contributed by atoms with Crippen LogP contribution in [0, 0.1) is 22.1 Å². The van der Waals surface area contributed by atoms with Crippen LogP contribution in [0.3, 0.4) is 0 Å². The van der Waals surface area contributed by atoms with E-state index in [1.54, 1.807) is 13.0 Å². The van der Waals surface area contributed by atoms with Crippen molar-refractivity contribution in [3.8, 4) is 0 Å². The minimum Gasteiger partial charge on any atom is -0.322 e. The van der Waals surface area contributed by atoms with Crippen LogP contribution in [0.2, 0.25) is 0 Å². The number of anilines is 1. The van der Waals surface area contributed by atoms with E-state index in [0.717, 1.165) is 0 Å². The van der Waals surface area contributed by atoms with Gasteiger partial charge in [-0.3, -0.25) is 4.79 Å². The molecule has 0 aromatic heterocycles. The monoisotopic (exact) mass is 373 g/mol. The van der Waals surface area contributed by atoms with E-state index in [1.165, 1.54) is 30.3 Å². The van der Waals surface area contributed by atoms with Gasteiger partial charge in [0.2, 0.25) is 0 Å². The smallest absolute Gasteiger partial charge is 0.256 e. The second kappa shape index (κ2) is 5.64. The molecule has 0 saturated carbocycles. The zero-order valence-corrected chi connectivity index (χ0v) is 12.2. The first-order chi connectivity index (χ1) is 8.99. The van der Waals surface area contributed by atoms with Crippen molar-refractivity contribution in [2.75, 3.05) is 5.32 Å². The molecule has 2 aromatic rings. The predicted molar refractivity (Wildman–Crippen MR) is 78.2 cm³/mol. The maximum absolute atomic E-state index is 13.4. The third-order valence-corrected chi connectivity index (χ3v) is 3.58. The second-order valence-corrected chi connectivity index (χ2v) is 5.15. The molecule has 0 heterocycles. The van der Waals surface area contributed by atoms with Gasteiger partial charge in [0.1, 0.15) is 11.6 Å². The molecule has 0 saturated heterocycles. The SMILES string of the molecule is Cc1c(F)cccc1NC(=O)c1ccc(F)cc1I. The van der Waals surface area contributed by atoms with Gasteiger partial charge in [0.25, 0.3) is 5.91 Å². The highest BCUT2D eigenvalue weighted by Gasteiger charge is 2.12. The summed E-state index contributed by atoms with van der Waals surface area (Å²) in [7, 11) is 0. The molecule has 0 aliphatic rings. The van der Waals surface area contributed by atoms with Crippen molar-refractivity contribution in [2.24, 2.45) is 0 Å². The Morgan fingerprint density at radius 3 is 2.63 bits per heavy atom. The largest absolute Gasteiger partial charge is 0.322 e. The highest BCUT2D eigenvalue weighted by molar-refractivity contribution is 14.1. The number of hydrogen-bond donors (Lipinski definition) is 1. The lowest BCUT2D eigenvalue weighted by Gasteiger charge is -2.10. The standard InChI is InChI=1S/C14H10F2INO/c1-8-11(16)3-2-4-13(8)18-14(19)10-6-5-9(15)7-12(10)17/h2-7H,1H3,(H,18,19). The Hall–Kier alpha value is -1.50. The van der Waals surface area contributed by atoms with Crippen LogP contribution < -0.4 is 5.32 Å². The number of hydrogen-bond acceptors (Lipinski definition) is 1. The van der Waals surface area contributed by atoms with Gasteiger partial charge in [-0.15, -0.1) is 0 Å². The van der Waals surface area contributed by atoms with E-state index in [-0.39, 0.29) is 5.82 Å². The van der Waals surface area contributed by atoms with Crippen LogP contribution in [-0.4, -0.2) is 5.91 Å². The molecule has 19 heavy (non-hydrogen) atoms. The molecule has 2 nitrogen and oxygen atoms in total. The molecule has 0 atom stereocenters. The van der Waals surface area contributed by atoms with Crippen LogP contribution in [0.1, 0.15) is 15.9 Å². The summed E-state index contributed by atoms with van der Waals surface area (Å²) in [5, 5.41) is 2.62. The normalized spacial score (nSPS) is 10.3. The van der Waals surface area contributed by atoms with Crippen LogP contribution in [0.25, 0.3) is 0 Å². The Labute approximate surface area is 123 Å². The lowest BCUT2D eigenvalue weighted by Crippen LogP contribution is -2.14. The third kappa shape index (κ3) is 3.09. The van der Waals surface area contributed by atoms with Crippen LogP contribution in [0.5, 0.6) is 0 Å². The molecular weight excluding hydrogens is 363 g/mol. The molecule has 0 bridgehead atoms. The van der Waals surface area contributed by atoms with Crippen LogP contribution >= 0.6 is 22.6 Å². The minimum atomic E-state index is -0.400. The maximum atomic E-state index is 13.4. The van der Waals surface area contributed by atoms with E-state index < -0.39 is 11.7 Å². The van der Waals surface area contributed by atoms with Crippen molar-refractivity contribution >= 4 is 34.2 Å². The quantitative estimate of drug-likeness (QED) is 0.789. The molecular formula is C14H10F2INO. The average molecular weight is 373 g/mol. The molecule has 1 amide bonds. The van der Waals surface area contributed by atoms with Crippen molar-refractivity contribution < 1.29 is 13.6 Å². The summed E-state index contributed by atoms with van der Waals surface area (Å²) in [6.45, 7) is 1.58. The molecule has 0 spiro atoms. The van der Waals surface area contributed by atoms with Gasteiger partial charge in [0, 0.05) is 14.8 Å². The number of carbonyl (C=O) groups excluding carboxylic acids is 1. The molecule has 2 aromatic carbocycles. The summed E-state index contributed by atoms with van der Waals surface area (Å²) in [6, 6.07) is 8.36. The van der Waals surface area contributed by atoms with Crippen molar-refractivity contribution in [2.45, 2.75) is 6.92 Å². The molecule has 0 fully saturated rings. The first-order valence-corrected chi connectivity index (χ1v) is 6.58. The van der Waals surface area contributed by atoms with Crippen molar-refractivity contribution in [3.63, 3.8) is 0 Å². The molecule has 0 aliphatic carbocycles. The van der Waals surface area contributed by atoms with Gasteiger partial charge < -0.3 is 5.32 Å². The third-order valence-electron chi connectivity index (χ3n) is 2.69. The van der Waals surface area contributed by atoms with Gasteiger partial charge in [-0.05, 0) is 59.8 Å². The van der Waals surface area contributed by atoms with Crippen LogP contribution in [0.15, 0.2) is 36.4 Å². The maximum Gasteiger partial charge on any atom is 0.256 e. The number of carbonyl (C=O) groups is 1. The Morgan fingerprint density at radius 2 is 1.95 bits per heavy atom. The predicted octanol–water partition coefficient (Wildman–Crippen LogP) is 4.13. The topological polar surface area (TPSA) is 29.1 Å². The first-order valence-electron chi connectivity index (χ1n) is 5.50. The van der Waals surface area contributed by atoms with Gasteiger partial charge in [-0.25, -0.2) is 8.78 Å². The van der Waals surface area contributed by atoms with E-state index >= 15 is 0 Å². The zero-order chi connectivity index (χ0) is 14.0. The number of amides is 1. The van der Waals surface area contributed by atoms with Gasteiger partial charge in [0.05, 0.1) is 5.56 Å². The summed E-state index contributed by atoms with van der Waals surface area (Å²) in [5.41, 5.74) is 1.13. The van der Waals surface area contributed by atoms with Crippen molar-refractivity contribution in [1.82, 2.24) is 0 Å². The molecule has 1 N–H and O–H groups in total. The Kier molecular flexibility index (Phi) is 4.14. The number of benzene rings is 2. The molecule has 98 valence electrons. The Bertz CT molecular complexity index is 643. The molecule has 2 rings (SSSR count). The highest BCUT2D eigenvalue weighted by atomic mass is 127. The Balaban J connectivity index is 2.28. The van der Waals surface area contributed by atoms with Crippen molar-refractivity contribution in [1.29, 1.82) is 0 Å². The fourth-order valence-corrected chi connectivity index (χ4v) is 2.33. The average Bonchev–Trinajstić information content (AvgIpc) is 2.34. The van der Waals surface area contributed by atoms with Gasteiger partial charge in [-0.1, -0.05) is 6.07 Å². The van der Waals surface area contributed by atoms with Crippen LogP contribution in [-0.2, 0) is 0 Å². The number of halogens is 3. The number of nitrogens with one attached hydrogen (secondary N) is 1. The summed E-state index contributed by atoms with van der Waals surface area (Å²) in [4.78, 5) is 12.0. The van der Waals surface area contributed by atoms with E-state index in [2.05, 4.69) is 5.32 Å². The molecule has 0 aliphatic heterocycles. The van der Waals surface area contributed by atoms with E-state index in [0.29, 0.717) is 20.4 Å². The van der Waals surface area contributed by atoms with Gasteiger partial charge in [0.15, 0.2) is 0 Å². The van der Waals surface area contributed by atoms with E-state index in [4.69, 9.17) is 0 Å². The number of rotatable bonds is 2. The van der Waals surface area contributed by atoms with E-state index in [1.807, 2.05) is 22.6 Å². The lowest BCUT2D eigenvalue weighted by molar-refractivity contribution is 0.102. The van der Waals surface area contributed by atoms with Gasteiger partial charge in [-0.2, -0.15) is 0 Å². The van der Waals surface area contributed by atoms with Crippen LogP contribution in [0.4, 0.5) is 14.5 Å². The minimum absolute atomic E-state index is 0.352. The zero-order valence-electron chi connectivity index (χ0n) is 10.0.